The highest BCUT2D eigenvalue weighted by Crippen LogP contribution is 2.30. The average molecular weight is 314 g/mol. The van der Waals surface area contributed by atoms with Crippen LogP contribution in [0.25, 0.3) is 0 Å². The molecule has 0 aliphatic carbocycles. The van der Waals surface area contributed by atoms with Gasteiger partial charge in [0, 0.05) is 11.8 Å². The maximum absolute atomic E-state index is 12.6. The number of ketones is 1. The zero-order valence-electron chi connectivity index (χ0n) is 10.3. The molecule has 1 aromatic heterocycles. The minimum Gasteiger partial charge on any atom is -0.287 e. The third-order valence-corrected chi connectivity index (χ3v) is 2.89. The highest BCUT2D eigenvalue weighted by molar-refractivity contribution is 6.68. The quantitative estimate of drug-likeness (QED) is 0.641. The number of alkyl halides is 3. The molecule has 0 radical (unpaired) electrons. The molecule has 21 heavy (non-hydrogen) atoms. The van der Waals surface area contributed by atoms with Crippen LogP contribution in [0.3, 0.4) is 0 Å². The van der Waals surface area contributed by atoms with Crippen molar-refractivity contribution in [3.63, 3.8) is 0 Å². The maximum atomic E-state index is 12.6. The Hall–Kier alpha value is -2.21. The first-order chi connectivity index (χ1) is 9.80. The lowest BCUT2D eigenvalue weighted by Crippen LogP contribution is -2.12. The fourth-order valence-corrected chi connectivity index (χ4v) is 1.87. The summed E-state index contributed by atoms with van der Waals surface area (Å²) in [6, 6.07) is 6.57. The molecule has 2 aromatic rings. The molecule has 0 N–H and O–H groups in total. The van der Waals surface area contributed by atoms with Crippen LogP contribution < -0.4 is 0 Å². The molecule has 0 bridgehead atoms. The van der Waals surface area contributed by atoms with Gasteiger partial charge in [-0.15, -0.1) is 0 Å². The van der Waals surface area contributed by atoms with Crippen molar-refractivity contribution >= 4 is 22.6 Å². The largest absolute Gasteiger partial charge is 0.416 e. The van der Waals surface area contributed by atoms with Gasteiger partial charge in [-0.2, -0.15) is 13.2 Å². The lowest BCUT2D eigenvalue weighted by Gasteiger charge is -2.08. The van der Waals surface area contributed by atoms with Crippen molar-refractivity contribution in [2.45, 2.75) is 6.18 Å². The van der Waals surface area contributed by atoms with E-state index in [2.05, 4.69) is 4.98 Å². The molecule has 7 heteroatoms. The zero-order valence-corrected chi connectivity index (χ0v) is 11.1. The molecule has 3 nitrogen and oxygen atoms in total. The molecular formula is C14H7ClF3NO2. The van der Waals surface area contributed by atoms with Crippen molar-refractivity contribution in [1.82, 2.24) is 4.98 Å². The van der Waals surface area contributed by atoms with Crippen molar-refractivity contribution < 1.29 is 22.8 Å². The number of carbonyl (C=O) groups is 2. The second-order valence-corrected chi connectivity index (χ2v) is 4.42. The van der Waals surface area contributed by atoms with Crippen LogP contribution in [0.2, 0.25) is 0 Å². The second kappa shape index (κ2) is 5.65. The van der Waals surface area contributed by atoms with Crippen molar-refractivity contribution in [3.05, 3.63) is 65.0 Å². The first kappa shape index (κ1) is 15.2. The van der Waals surface area contributed by atoms with Gasteiger partial charge >= 0.3 is 6.18 Å². The number of hydrogen-bond donors (Lipinski definition) is 0. The van der Waals surface area contributed by atoms with Crippen molar-refractivity contribution in [2.24, 2.45) is 0 Å². The van der Waals surface area contributed by atoms with Gasteiger partial charge in [-0.1, -0.05) is 12.1 Å². The number of hydrogen-bond acceptors (Lipinski definition) is 3. The minimum absolute atomic E-state index is 0.151. The number of pyridine rings is 1. The van der Waals surface area contributed by atoms with Crippen LogP contribution in [0.15, 0.2) is 42.6 Å². The van der Waals surface area contributed by atoms with E-state index in [4.69, 9.17) is 11.6 Å². The fourth-order valence-electron chi connectivity index (χ4n) is 1.72. The molecule has 0 saturated heterocycles. The lowest BCUT2D eigenvalue weighted by atomic mass is 10.0. The molecule has 0 atom stereocenters. The monoisotopic (exact) mass is 313 g/mol. The number of carbonyl (C=O) groups excluding carboxylic acids is 2. The van der Waals surface area contributed by atoms with E-state index in [0.717, 1.165) is 12.1 Å². The molecule has 2 rings (SSSR count). The van der Waals surface area contributed by atoms with Gasteiger partial charge in [-0.05, 0) is 35.9 Å². The Morgan fingerprint density at radius 2 is 1.81 bits per heavy atom. The van der Waals surface area contributed by atoms with E-state index in [1.165, 1.54) is 24.4 Å². The molecule has 0 amide bonds. The van der Waals surface area contributed by atoms with Gasteiger partial charge in [0.1, 0.15) is 5.69 Å². The molecule has 0 saturated carbocycles. The van der Waals surface area contributed by atoms with E-state index in [1.807, 2.05) is 0 Å². The van der Waals surface area contributed by atoms with E-state index in [1.54, 1.807) is 0 Å². The van der Waals surface area contributed by atoms with Crippen LogP contribution in [0, 0.1) is 0 Å². The normalized spacial score (nSPS) is 11.2. The summed E-state index contributed by atoms with van der Waals surface area (Å²) in [5.74, 6) is -0.800. The predicted octanol–water partition coefficient (Wildman–Crippen LogP) is 3.71. The van der Waals surface area contributed by atoms with E-state index in [9.17, 15) is 22.8 Å². The third-order valence-electron chi connectivity index (χ3n) is 2.69. The summed E-state index contributed by atoms with van der Waals surface area (Å²) in [7, 11) is 0. The molecule has 108 valence electrons. The van der Waals surface area contributed by atoms with Gasteiger partial charge in [-0.25, -0.2) is 0 Å². The van der Waals surface area contributed by atoms with Crippen LogP contribution >= 0.6 is 11.6 Å². The molecule has 0 spiro atoms. The summed E-state index contributed by atoms with van der Waals surface area (Å²) in [6.07, 6.45) is -3.31. The molecule has 0 aliphatic rings. The number of aromatic nitrogens is 1. The molecule has 0 unspecified atom stereocenters. The van der Waals surface area contributed by atoms with E-state index < -0.39 is 22.8 Å². The number of rotatable bonds is 3. The fraction of sp³-hybridized carbons (Fsp3) is 0.0714. The Balaban J connectivity index is 2.49. The lowest BCUT2D eigenvalue weighted by molar-refractivity contribution is -0.137. The Bertz CT molecular complexity index is 713. The van der Waals surface area contributed by atoms with Crippen LogP contribution in [0.5, 0.6) is 0 Å². The summed E-state index contributed by atoms with van der Waals surface area (Å²) >= 11 is 5.33. The van der Waals surface area contributed by atoms with Gasteiger partial charge in [0.25, 0.3) is 5.24 Å². The summed E-state index contributed by atoms with van der Waals surface area (Å²) in [6.45, 7) is 0. The molecule has 1 heterocycles. The summed E-state index contributed by atoms with van der Waals surface area (Å²) in [5.41, 5.74) is -1.61. The zero-order chi connectivity index (χ0) is 15.6. The third kappa shape index (κ3) is 3.28. The van der Waals surface area contributed by atoms with E-state index >= 15 is 0 Å². The summed E-state index contributed by atoms with van der Waals surface area (Å²) < 4.78 is 37.9. The van der Waals surface area contributed by atoms with Crippen LogP contribution in [0.1, 0.15) is 32.0 Å². The standard InChI is InChI=1S/C14H7ClF3NO2/c15-13(21)10-5-2-6-19-11(10)12(20)8-3-1-4-9(7-8)14(16,17)18/h1-7H. The van der Waals surface area contributed by atoms with Gasteiger partial charge < -0.3 is 0 Å². The second-order valence-electron chi connectivity index (χ2n) is 4.08. The Kier molecular flexibility index (Phi) is 4.09. The molecule has 1 aromatic carbocycles. The number of nitrogens with zero attached hydrogens (tertiary/aromatic N) is 1. The first-order valence-corrected chi connectivity index (χ1v) is 6.05. The minimum atomic E-state index is -4.56. The SMILES string of the molecule is O=C(Cl)c1cccnc1C(=O)c1cccc(C(F)(F)F)c1. The van der Waals surface area contributed by atoms with Gasteiger partial charge in [0.15, 0.2) is 0 Å². The molecular weight excluding hydrogens is 307 g/mol. The van der Waals surface area contributed by atoms with Crippen LogP contribution in [-0.4, -0.2) is 16.0 Å². The molecule has 0 fully saturated rings. The van der Waals surface area contributed by atoms with Crippen LogP contribution in [0.4, 0.5) is 13.2 Å². The number of benzene rings is 1. The Morgan fingerprint density at radius 1 is 1.10 bits per heavy atom. The smallest absolute Gasteiger partial charge is 0.287 e. The van der Waals surface area contributed by atoms with Crippen molar-refractivity contribution in [3.8, 4) is 0 Å². The van der Waals surface area contributed by atoms with E-state index in [-0.39, 0.29) is 16.8 Å². The number of halogens is 4. The summed E-state index contributed by atoms with van der Waals surface area (Å²) in [4.78, 5) is 27.2. The van der Waals surface area contributed by atoms with Gasteiger partial charge in [0.2, 0.25) is 5.78 Å². The van der Waals surface area contributed by atoms with Crippen molar-refractivity contribution in [1.29, 1.82) is 0 Å². The molecule has 0 aliphatic heterocycles. The van der Waals surface area contributed by atoms with E-state index in [0.29, 0.717) is 6.07 Å². The first-order valence-electron chi connectivity index (χ1n) is 5.67. The Morgan fingerprint density at radius 3 is 2.43 bits per heavy atom. The van der Waals surface area contributed by atoms with Gasteiger partial charge in [-0.3, -0.25) is 14.6 Å². The van der Waals surface area contributed by atoms with Crippen LogP contribution in [-0.2, 0) is 6.18 Å². The van der Waals surface area contributed by atoms with Crippen molar-refractivity contribution in [2.75, 3.05) is 0 Å². The highest BCUT2D eigenvalue weighted by Gasteiger charge is 2.31. The van der Waals surface area contributed by atoms with Gasteiger partial charge in [0.05, 0.1) is 11.1 Å². The summed E-state index contributed by atoms with van der Waals surface area (Å²) in [5, 5.41) is -0.904. The topological polar surface area (TPSA) is 47.0 Å². The maximum Gasteiger partial charge on any atom is 0.416 e. The Labute approximate surface area is 122 Å². The highest BCUT2D eigenvalue weighted by atomic mass is 35.5. The average Bonchev–Trinajstić information content (AvgIpc) is 2.45. The predicted molar refractivity (Wildman–Crippen MR) is 69.3 cm³/mol.